The van der Waals surface area contributed by atoms with Crippen molar-refractivity contribution in [1.29, 1.82) is 0 Å². The number of nitrogens with zero attached hydrogens (tertiary/aromatic N) is 1. The predicted molar refractivity (Wildman–Crippen MR) is 145 cm³/mol. The van der Waals surface area contributed by atoms with E-state index in [9.17, 15) is 22.8 Å². The monoisotopic (exact) mass is 598 g/mol. The number of aliphatic carboxylic acids is 1. The first kappa shape index (κ1) is 34.2. The molecular weight excluding hydrogens is 561 g/mol. The Morgan fingerprint density at radius 2 is 1.62 bits per heavy atom. The Hall–Kier alpha value is -4.00. The van der Waals surface area contributed by atoms with Crippen molar-refractivity contribution >= 4 is 23.5 Å². The molecule has 10 nitrogen and oxygen atoms in total. The van der Waals surface area contributed by atoms with Crippen LogP contribution in [0.25, 0.3) is 0 Å². The molecule has 0 bridgehead atoms. The summed E-state index contributed by atoms with van der Waals surface area (Å²) in [6.07, 6.45) is -2.88. The third-order valence-electron chi connectivity index (χ3n) is 6.87. The molecule has 1 aliphatic heterocycles. The molecule has 0 radical (unpaired) electrons. The highest BCUT2D eigenvalue weighted by Crippen LogP contribution is 2.40. The number of nitrogens with two attached hydrogens (primary N) is 1. The summed E-state index contributed by atoms with van der Waals surface area (Å²) in [5.41, 5.74) is 1.97. The Kier molecular flexibility index (Phi) is 12.5. The maximum Gasteiger partial charge on any atom is 0.430 e. The van der Waals surface area contributed by atoms with Crippen LogP contribution in [-0.4, -0.2) is 62.5 Å². The van der Waals surface area contributed by atoms with E-state index in [0.29, 0.717) is 43.4 Å². The summed E-state index contributed by atoms with van der Waals surface area (Å²) in [4.78, 5) is 34.5. The number of methoxy groups -OCH3 is 1. The Labute approximate surface area is 242 Å². The minimum atomic E-state index is -5.19. The molecule has 0 saturated carbocycles. The van der Waals surface area contributed by atoms with Crippen molar-refractivity contribution in [2.75, 3.05) is 38.3 Å². The Bertz CT molecular complexity index is 1190. The number of quaternary nitrogens is 1. The minimum absolute atomic E-state index is 0.0905. The van der Waals surface area contributed by atoms with Gasteiger partial charge in [0.1, 0.15) is 12.5 Å². The Morgan fingerprint density at radius 3 is 2.05 bits per heavy atom. The van der Waals surface area contributed by atoms with Gasteiger partial charge in [-0.05, 0) is 56.7 Å². The third-order valence-corrected chi connectivity index (χ3v) is 6.87. The minimum Gasteiger partial charge on any atom is -0.542 e. The zero-order valence-electron chi connectivity index (χ0n) is 24.1. The molecule has 3 rings (SSSR count). The van der Waals surface area contributed by atoms with E-state index in [1.807, 2.05) is 26.0 Å². The lowest BCUT2D eigenvalue weighted by Gasteiger charge is -2.26. The number of ether oxygens (including phenoxy) is 3. The lowest BCUT2D eigenvalue weighted by molar-refractivity contribution is -0.672. The van der Waals surface area contributed by atoms with E-state index < -0.39 is 18.1 Å². The molecule has 2 aromatic rings. The number of anilines is 1. The van der Waals surface area contributed by atoms with Gasteiger partial charge >= 0.3 is 12.1 Å². The summed E-state index contributed by atoms with van der Waals surface area (Å²) in [6.45, 7) is 9.38. The fraction of sp³-hybridized carbons (Fsp3) is 0.483. The topological polar surface area (TPSA) is 142 Å². The first-order valence-corrected chi connectivity index (χ1v) is 13.5. The van der Waals surface area contributed by atoms with Gasteiger partial charge in [-0.2, -0.15) is 13.2 Å². The summed E-state index contributed by atoms with van der Waals surface area (Å²) >= 11 is 0. The summed E-state index contributed by atoms with van der Waals surface area (Å²) in [6, 6.07) is 10.5. The van der Waals surface area contributed by atoms with Crippen LogP contribution in [0, 0.1) is 5.41 Å². The summed E-state index contributed by atoms with van der Waals surface area (Å²) in [5.74, 6) is -1.91. The molecule has 0 aliphatic carbocycles. The van der Waals surface area contributed by atoms with Gasteiger partial charge in [0.05, 0.1) is 32.4 Å². The van der Waals surface area contributed by atoms with Crippen molar-refractivity contribution in [1.82, 2.24) is 0 Å². The summed E-state index contributed by atoms with van der Waals surface area (Å²) in [7, 11) is 1.61. The van der Waals surface area contributed by atoms with Crippen molar-refractivity contribution in [2.45, 2.75) is 52.8 Å². The summed E-state index contributed by atoms with van der Waals surface area (Å²) in [5, 5.41) is 20.2. The van der Waals surface area contributed by atoms with Gasteiger partial charge in [-0.1, -0.05) is 6.92 Å². The van der Waals surface area contributed by atoms with Gasteiger partial charge < -0.3 is 39.4 Å². The molecule has 232 valence electrons. The van der Waals surface area contributed by atoms with Crippen LogP contribution in [0.2, 0.25) is 0 Å². The maximum absolute atomic E-state index is 12.8. The number of hydrogen-bond donors (Lipinski definition) is 2. The molecule has 1 fully saturated rings. The average Bonchev–Trinajstić information content (AvgIpc) is 3.28. The van der Waals surface area contributed by atoms with Crippen LogP contribution in [-0.2, 0) is 16.1 Å². The van der Waals surface area contributed by atoms with Gasteiger partial charge in [-0.15, -0.1) is 0 Å². The van der Waals surface area contributed by atoms with Crippen LogP contribution in [0.5, 0.6) is 17.2 Å². The summed E-state index contributed by atoms with van der Waals surface area (Å²) < 4.78 is 48.6. The largest absolute Gasteiger partial charge is 0.542 e. The third kappa shape index (κ3) is 9.26. The van der Waals surface area contributed by atoms with E-state index >= 15 is 0 Å². The van der Waals surface area contributed by atoms with Crippen LogP contribution < -0.4 is 29.5 Å². The number of alkyl halides is 3. The van der Waals surface area contributed by atoms with Gasteiger partial charge in [0.2, 0.25) is 11.7 Å². The highest BCUT2D eigenvalue weighted by atomic mass is 19.4. The smallest absolute Gasteiger partial charge is 0.430 e. The van der Waals surface area contributed by atoms with E-state index in [-0.39, 0.29) is 16.9 Å². The molecule has 13 heteroatoms. The van der Waals surface area contributed by atoms with Crippen LogP contribution >= 0.6 is 0 Å². The maximum atomic E-state index is 12.8. The van der Waals surface area contributed by atoms with Crippen molar-refractivity contribution < 1.29 is 57.3 Å². The van der Waals surface area contributed by atoms with Gasteiger partial charge in [-0.3, -0.25) is 4.79 Å². The van der Waals surface area contributed by atoms with E-state index in [2.05, 4.69) is 12.2 Å². The second-order valence-electron chi connectivity index (χ2n) is 9.67. The quantitative estimate of drug-likeness (QED) is 0.336. The van der Waals surface area contributed by atoms with Gasteiger partial charge in [-0.25, -0.2) is 4.79 Å². The number of hydrogen-bond acceptors (Lipinski definition) is 7. The number of amides is 1. The van der Waals surface area contributed by atoms with Gasteiger partial charge in [0, 0.05) is 36.1 Å². The fourth-order valence-electron chi connectivity index (χ4n) is 4.65. The van der Waals surface area contributed by atoms with Crippen molar-refractivity contribution in [3.8, 4) is 17.2 Å². The van der Waals surface area contributed by atoms with Crippen LogP contribution in [0.15, 0.2) is 36.4 Å². The fourth-order valence-corrected chi connectivity index (χ4v) is 4.65. The number of rotatable bonds is 13. The molecule has 3 N–H and O–H groups in total. The number of carboxylic acid groups (broad SMARTS) is 2. The van der Waals surface area contributed by atoms with Crippen molar-refractivity contribution in [3.05, 3.63) is 47.5 Å². The molecular formula is C29H37F3N2O8. The lowest BCUT2D eigenvalue weighted by Crippen LogP contribution is -2.83. The predicted octanol–water partition coefficient (Wildman–Crippen LogP) is 2.78. The highest BCUT2D eigenvalue weighted by Gasteiger charge is 2.42. The first-order valence-electron chi connectivity index (χ1n) is 13.5. The normalized spacial score (nSPS) is 16.5. The highest BCUT2D eigenvalue weighted by molar-refractivity contribution is 5.97. The zero-order valence-corrected chi connectivity index (χ0v) is 24.1. The first-order chi connectivity index (χ1) is 19.8. The molecule has 0 aromatic heterocycles. The lowest BCUT2D eigenvalue weighted by atomic mass is 9.81. The number of aromatic carboxylic acids is 1. The number of carbonyl (C=O) groups is 3. The second kappa shape index (κ2) is 15.3. The van der Waals surface area contributed by atoms with Crippen molar-refractivity contribution in [2.24, 2.45) is 5.41 Å². The Morgan fingerprint density at radius 1 is 1.07 bits per heavy atom. The standard InChI is InChI=1S/C27H36N2O6.C2HF3O2/c1-5-27(16-24(30)29(18-27)21-10-8-20(9-11-21)26(31)32)12-13-28-17-19-14-22(34-6-2)25(33-4)23(15-19)35-7-3;3-2(4,5)1(6)7/h8-11,14-15,28H,5-7,12-13,16-18H2,1-4H3,(H,31,32);(H,6,7). The van der Waals surface area contributed by atoms with E-state index in [4.69, 9.17) is 29.2 Å². The molecule has 2 aromatic carbocycles. The molecule has 0 spiro atoms. The number of benzene rings is 2. The van der Waals surface area contributed by atoms with Crippen LogP contribution in [0.1, 0.15) is 56.0 Å². The van der Waals surface area contributed by atoms with Crippen molar-refractivity contribution in [3.63, 3.8) is 0 Å². The van der Waals surface area contributed by atoms with Gasteiger partial charge in [0.15, 0.2) is 11.5 Å². The number of carboxylic acids is 2. The molecule has 1 saturated heterocycles. The SMILES string of the molecule is CCOc1cc(C[NH2+]CCC2(CC)CC(=O)N(c3ccc(C(=O)O)cc3)C2)cc(OCC)c1OC.O=C([O-])C(F)(F)F. The van der Waals surface area contributed by atoms with E-state index in [1.165, 1.54) is 0 Å². The molecule has 1 heterocycles. The molecule has 1 amide bonds. The van der Waals surface area contributed by atoms with Crippen LogP contribution in [0.3, 0.4) is 0 Å². The van der Waals surface area contributed by atoms with Gasteiger partial charge in [0.25, 0.3) is 0 Å². The Balaban J connectivity index is 0.000000782. The van der Waals surface area contributed by atoms with E-state index in [0.717, 1.165) is 37.2 Å². The van der Waals surface area contributed by atoms with Crippen LogP contribution in [0.4, 0.5) is 18.9 Å². The van der Waals surface area contributed by atoms with E-state index in [1.54, 1.807) is 36.3 Å². The molecule has 1 aliphatic rings. The number of halogens is 3. The zero-order chi connectivity index (χ0) is 31.5. The molecule has 1 atom stereocenters. The average molecular weight is 599 g/mol. The second-order valence-corrected chi connectivity index (χ2v) is 9.67. The molecule has 1 unspecified atom stereocenters. The number of carbonyl (C=O) groups excluding carboxylic acids is 2. The molecule has 42 heavy (non-hydrogen) atoms.